The summed E-state index contributed by atoms with van der Waals surface area (Å²) in [4.78, 5) is 48.6. The molecule has 0 aliphatic rings. The SMILES string of the molecule is Nc1ncn[nH]1.Nc1ncn[nH]1.Nc1ncn[nH]1.O=C(O)CN(CC(=O)O)CP(=O)(O)O. The van der Waals surface area contributed by atoms with Crippen LogP contribution < -0.4 is 17.2 Å². The van der Waals surface area contributed by atoms with Gasteiger partial charge in [0.25, 0.3) is 0 Å². The number of anilines is 3. The third-order valence-electron chi connectivity index (χ3n) is 2.40. The molecule has 0 atom stereocenters. The Bertz CT molecular complexity index is 820. The number of hydrogen-bond donors (Lipinski definition) is 10. The zero-order valence-corrected chi connectivity index (χ0v) is 17.1. The first-order valence-corrected chi connectivity index (χ1v) is 9.71. The topological polar surface area (TPSA) is 338 Å². The molecule has 20 nitrogen and oxygen atoms in total. The largest absolute Gasteiger partial charge is 0.480 e. The van der Waals surface area contributed by atoms with E-state index in [0.717, 1.165) is 0 Å². The number of aromatic nitrogens is 9. The van der Waals surface area contributed by atoms with E-state index in [2.05, 4.69) is 45.5 Å². The normalized spacial score (nSPS) is 9.97. The molecule has 3 heterocycles. The van der Waals surface area contributed by atoms with Crippen LogP contribution in [0.5, 0.6) is 0 Å². The van der Waals surface area contributed by atoms with Crippen LogP contribution in [0.4, 0.5) is 17.8 Å². The molecule has 3 aromatic rings. The predicted octanol–water partition coefficient (Wildman–Crippen LogP) is -3.25. The molecule has 0 fully saturated rings. The Balaban J connectivity index is 0.000000439. The van der Waals surface area contributed by atoms with Crippen molar-refractivity contribution in [3.8, 4) is 0 Å². The van der Waals surface area contributed by atoms with Gasteiger partial charge in [-0.1, -0.05) is 0 Å². The van der Waals surface area contributed by atoms with Crippen molar-refractivity contribution in [1.82, 2.24) is 50.4 Å². The predicted molar refractivity (Wildman–Crippen MR) is 106 cm³/mol. The van der Waals surface area contributed by atoms with Gasteiger partial charge in [-0.15, -0.1) is 0 Å². The maximum atomic E-state index is 10.5. The summed E-state index contributed by atoms with van der Waals surface area (Å²) in [6.07, 6.45) is 3.19. The highest BCUT2D eigenvalue weighted by atomic mass is 31.2. The lowest BCUT2D eigenvalue weighted by Gasteiger charge is -2.17. The zero-order valence-electron chi connectivity index (χ0n) is 16.2. The summed E-state index contributed by atoms with van der Waals surface area (Å²) in [5.41, 5.74) is 15.1. The number of carboxylic acid groups (broad SMARTS) is 2. The lowest BCUT2D eigenvalue weighted by atomic mass is 10.5. The number of nitrogens with two attached hydrogens (primary N) is 3. The third kappa shape index (κ3) is 17.9. The van der Waals surface area contributed by atoms with Gasteiger partial charge in [-0.25, -0.2) is 30.2 Å². The fraction of sp³-hybridized carbons (Fsp3) is 0.273. The summed E-state index contributed by atoms with van der Waals surface area (Å²) in [5.74, 6) is -1.63. The number of H-pyrrole nitrogens is 3. The number of nitrogens with one attached hydrogen (secondary N) is 3. The molecule has 178 valence electrons. The maximum absolute atomic E-state index is 10.5. The first-order valence-electron chi connectivity index (χ1n) is 7.92. The lowest BCUT2D eigenvalue weighted by molar-refractivity contribution is -0.141. The highest BCUT2D eigenvalue weighted by molar-refractivity contribution is 7.51. The summed E-state index contributed by atoms with van der Waals surface area (Å²) in [5, 5.41) is 34.2. The van der Waals surface area contributed by atoms with Crippen LogP contribution in [0, 0.1) is 0 Å². The van der Waals surface area contributed by atoms with Gasteiger partial charge in [-0.3, -0.25) is 19.1 Å². The molecule has 13 N–H and O–H groups in total. The van der Waals surface area contributed by atoms with Crippen LogP contribution in [0.25, 0.3) is 0 Å². The molecule has 0 aliphatic carbocycles. The number of rotatable bonds is 6. The van der Waals surface area contributed by atoms with Crippen LogP contribution in [0.15, 0.2) is 19.0 Å². The molecular formula is C11H22N13O7P. The maximum Gasteiger partial charge on any atom is 0.339 e. The van der Waals surface area contributed by atoms with Gasteiger partial charge in [-0.05, 0) is 0 Å². The van der Waals surface area contributed by atoms with Crippen molar-refractivity contribution in [2.24, 2.45) is 0 Å². The summed E-state index contributed by atoms with van der Waals surface area (Å²) in [6.45, 7) is -1.45. The smallest absolute Gasteiger partial charge is 0.339 e. The van der Waals surface area contributed by atoms with E-state index in [0.29, 0.717) is 22.7 Å². The molecule has 32 heavy (non-hydrogen) atoms. The van der Waals surface area contributed by atoms with Gasteiger partial charge in [-0.2, -0.15) is 15.3 Å². The van der Waals surface area contributed by atoms with Crippen LogP contribution in [-0.2, 0) is 14.2 Å². The van der Waals surface area contributed by atoms with Crippen molar-refractivity contribution < 1.29 is 34.2 Å². The molecule has 0 saturated carbocycles. The van der Waals surface area contributed by atoms with Crippen LogP contribution in [0.3, 0.4) is 0 Å². The quantitative estimate of drug-likeness (QED) is 0.155. The first-order chi connectivity index (χ1) is 14.9. The van der Waals surface area contributed by atoms with Crippen LogP contribution in [0.1, 0.15) is 0 Å². The Labute approximate surface area is 178 Å². The van der Waals surface area contributed by atoms with Crippen molar-refractivity contribution in [2.75, 3.05) is 36.6 Å². The van der Waals surface area contributed by atoms with E-state index in [1.54, 1.807) is 0 Å². The number of carbonyl (C=O) groups is 2. The van der Waals surface area contributed by atoms with Crippen molar-refractivity contribution in [3.05, 3.63) is 19.0 Å². The molecular weight excluding hydrogens is 457 g/mol. The monoisotopic (exact) mass is 479 g/mol. The minimum Gasteiger partial charge on any atom is -0.480 e. The van der Waals surface area contributed by atoms with E-state index in [4.69, 9.17) is 37.2 Å². The molecule has 0 bridgehead atoms. The second kappa shape index (κ2) is 14.8. The second-order valence-electron chi connectivity index (χ2n) is 5.19. The van der Waals surface area contributed by atoms with Crippen LogP contribution >= 0.6 is 7.60 Å². The first kappa shape index (κ1) is 27.9. The Morgan fingerprint density at radius 2 is 1.12 bits per heavy atom. The molecule has 21 heteroatoms. The van der Waals surface area contributed by atoms with E-state index in [-0.39, 0.29) is 0 Å². The standard InChI is InChI=1S/C5H10NO7P.3C2H4N4/c7-4(8)1-6(2-5(9)10)3-14(11,12)13;3*3-2-4-1-5-6-2/h1-3H2,(H,7,8)(H,9,10)(H2,11,12,13);3*1H,(H3,3,4,5,6). The average Bonchev–Trinajstić information content (AvgIpc) is 3.39. The second-order valence-corrected chi connectivity index (χ2v) is 6.80. The zero-order chi connectivity index (χ0) is 24.6. The van der Waals surface area contributed by atoms with E-state index < -0.39 is 38.9 Å². The lowest BCUT2D eigenvalue weighted by Crippen LogP contribution is -2.35. The Morgan fingerprint density at radius 3 is 1.25 bits per heavy atom. The molecule has 0 spiro atoms. The van der Waals surface area contributed by atoms with E-state index >= 15 is 0 Å². The molecule has 3 rings (SSSR count). The third-order valence-corrected chi connectivity index (χ3v) is 3.17. The molecule has 0 aliphatic heterocycles. The number of nitrogen functional groups attached to an aromatic ring is 3. The van der Waals surface area contributed by atoms with Gasteiger partial charge in [0, 0.05) is 0 Å². The summed E-state index contributed by atoms with van der Waals surface area (Å²) in [6, 6.07) is 0. The summed E-state index contributed by atoms with van der Waals surface area (Å²) in [7, 11) is -4.44. The Kier molecular flexibility index (Phi) is 12.9. The molecule has 0 radical (unpaired) electrons. The molecule has 0 saturated heterocycles. The molecule has 3 aromatic heterocycles. The van der Waals surface area contributed by atoms with Gasteiger partial charge in [0.05, 0.1) is 13.1 Å². The van der Waals surface area contributed by atoms with Crippen molar-refractivity contribution in [1.29, 1.82) is 0 Å². The fourth-order valence-electron chi connectivity index (χ4n) is 1.44. The molecule has 0 aromatic carbocycles. The van der Waals surface area contributed by atoms with Crippen LogP contribution in [-0.4, -0.2) is 102 Å². The average molecular weight is 479 g/mol. The fourth-order valence-corrected chi connectivity index (χ4v) is 2.16. The van der Waals surface area contributed by atoms with Gasteiger partial charge >= 0.3 is 19.5 Å². The number of aromatic amines is 3. The molecule has 0 amide bonds. The van der Waals surface area contributed by atoms with Crippen molar-refractivity contribution >= 4 is 37.4 Å². The number of hydrogen-bond acceptors (Lipinski definition) is 13. The highest BCUT2D eigenvalue weighted by Gasteiger charge is 2.22. The summed E-state index contributed by atoms with van der Waals surface area (Å²) >= 11 is 0. The minimum atomic E-state index is -4.44. The van der Waals surface area contributed by atoms with E-state index in [1.165, 1.54) is 19.0 Å². The van der Waals surface area contributed by atoms with Crippen LogP contribution in [0.2, 0.25) is 0 Å². The number of nitrogens with zero attached hydrogens (tertiary/aromatic N) is 7. The van der Waals surface area contributed by atoms with Gasteiger partial charge in [0.2, 0.25) is 17.8 Å². The van der Waals surface area contributed by atoms with Crippen molar-refractivity contribution in [3.63, 3.8) is 0 Å². The van der Waals surface area contributed by atoms with Gasteiger partial charge in [0.15, 0.2) is 0 Å². The van der Waals surface area contributed by atoms with Gasteiger partial charge < -0.3 is 37.2 Å². The Hall–Kier alpha value is -4.13. The summed E-state index contributed by atoms with van der Waals surface area (Å²) < 4.78 is 10.5. The van der Waals surface area contributed by atoms with Gasteiger partial charge in [0.1, 0.15) is 25.3 Å². The highest BCUT2D eigenvalue weighted by Crippen LogP contribution is 2.34. The molecule has 0 unspecified atom stereocenters. The minimum absolute atomic E-state index is 0.356. The number of aliphatic carboxylic acids is 2. The van der Waals surface area contributed by atoms with Crippen molar-refractivity contribution in [2.45, 2.75) is 0 Å². The number of carboxylic acids is 2. The Morgan fingerprint density at radius 1 is 0.812 bits per heavy atom. The van der Waals surface area contributed by atoms with E-state index in [1.807, 2.05) is 0 Å². The van der Waals surface area contributed by atoms with E-state index in [9.17, 15) is 14.2 Å².